The third kappa shape index (κ3) is 5.93. The molecule has 0 aliphatic carbocycles. The van der Waals surface area contributed by atoms with Crippen LogP contribution in [-0.2, 0) is 4.79 Å². The third-order valence-electron chi connectivity index (χ3n) is 3.25. The summed E-state index contributed by atoms with van der Waals surface area (Å²) in [6.45, 7) is 2.10. The molecule has 1 heterocycles. The number of ketones is 1. The van der Waals surface area contributed by atoms with Gasteiger partial charge in [-0.05, 0) is 30.7 Å². The highest BCUT2D eigenvalue weighted by molar-refractivity contribution is 8.01. The Morgan fingerprint density at radius 1 is 1.21 bits per heavy atom. The van der Waals surface area contributed by atoms with E-state index in [1.54, 1.807) is 24.3 Å². The van der Waals surface area contributed by atoms with Crippen LogP contribution >= 0.6 is 23.1 Å². The van der Waals surface area contributed by atoms with Crippen molar-refractivity contribution >= 4 is 45.6 Å². The minimum atomic E-state index is -0.00501. The predicted molar refractivity (Wildman–Crippen MR) is 98.6 cm³/mol. The van der Waals surface area contributed by atoms with Gasteiger partial charge in [0.25, 0.3) is 0 Å². The minimum Gasteiger partial charge on any atom is -0.374 e. The SMILES string of the molecule is CCCCCC(=O)Nc1ccc(C(=O)CSc2nnc(N)s2)cc1. The molecule has 0 saturated heterocycles. The van der Waals surface area contributed by atoms with Crippen LogP contribution in [0.15, 0.2) is 28.6 Å². The summed E-state index contributed by atoms with van der Waals surface area (Å²) in [5.74, 6) is 0.277. The molecular weight excluding hydrogens is 344 g/mol. The van der Waals surface area contributed by atoms with Gasteiger partial charge in [0.05, 0.1) is 5.75 Å². The Kier molecular flexibility index (Phi) is 7.20. The molecule has 0 aliphatic rings. The lowest BCUT2D eigenvalue weighted by molar-refractivity contribution is -0.116. The van der Waals surface area contributed by atoms with E-state index in [0.29, 0.717) is 27.1 Å². The Hall–Kier alpha value is -1.93. The number of nitrogens with one attached hydrogen (secondary N) is 1. The van der Waals surface area contributed by atoms with Crippen molar-refractivity contribution in [2.24, 2.45) is 0 Å². The smallest absolute Gasteiger partial charge is 0.224 e. The first-order valence-corrected chi connectivity index (χ1v) is 9.53. The number of hydrogen-bond donors (Lipinski definition) is 2. The lowest BCUT2D eigenvalue weighted by atomic mass is 10.1. The highest BCUT2D eigenvalue weighted by atomic mass is 32.2. The van der Waals surface area contributed by atoms with E-state index in [0.717, 1.165) is 19.3 Å². The molecule has 8 heteroatoms. The van der Waals surface area contributed by atoms with Crippen molar-refractivity contribution in [3.63, 3.8) is 0 Å². The summed E-state index contributed by atoms with van der Waals surface area (Å²) in [5.41, 5.74) is 6.81. The molecule has 2 aromatic rings. The molecule has 0 fully saturated rings. The van der Waals surface area contributed by atoms with Gasteiger partial charge in [0.1, 0.15) is 0 Å². The lowest BCUT2D eigenvalue weighted by Crippen LogP contribution is -2.11. The number of unbranched alkanes of at least 4 members (excludes halogenated alkanes) is 2. The van der Waals surface area contributed by atoms with Gasteiger partial charge in [-0.25, -0.2) is 0 Å². The molecule has 0 atom stereocenters. The van der Waals surface area contributed by atoms with Gasteiger partial charge in [0.15, 0.2) is 10.1 Å². The second kappa shape index (κ2) is 9.39. The van der Waals surface area contributed by atoms with E-state index in [4.69, 9.17) is 5.73 Å². The molecule has 0 unspecified atom stereocenters. The fraction of sp³-hybridized carbons (Fsp3) is 0.375. The average Bonchev–Trinajstić information content (AvgIpc) is 2.99. The van der Waals surface area contributed by atoms with Gasteiger partial charge in [-0.3, -0.25) is 9.59 Å². The van der Waals surface area contributed by atoms with Crippen LogP contribution in [0.5, 0.6) is 0 Å². The summed E-state index contributed by atoms with van der Waals surface area (Å²) in [6, 6.07) is 6.94. The molecule has 24 heavy (non-hydrogen) atoms. The highest BCUT2D eigenvalue weighted by Gasteiger charge is 2.10. The van der Waals surface area contributed by atoms with E-state index in [-0.39, 0.29) is 17.4 Å². The summed E-state index contributed by atoms with van der Waals surface area (Å²) in [4.78, 5) is 23.9. The number of amides is 1. The fourth-order valence-electron chi connectivity index (χ4n) is 1.99. The van der Waals surface area contributed by atoms with Crippen LogP contribution in [-0.4, -0.2) is 27.6 Å². The van der Waals surface area contributed by atoms with E-state index in [9.17, 15) is 9.59 Å². The van der Waals surface area contributed by atoms with Crippen molar-refractivity contribution in [1.82, 2.24) is 10.2 Å². The van der Waals surface area contributed by atoms with Gasteiger partial charge in [-0.2, -0.15) is 0 Å². The molecule has 2 rings (SSSR count). The maximum atomic E-state index is 12.1. The van der Waals surface area contributed by atoms with Gasteiger partial charge >= 0.3 is 0 Å². The number of Topliss-reactive ketones (excluding diaryl/α,β-unsaturated/α-hetero) is 1. The minimum absolute atomic E-state index is 0.00501. The second-order valence-corrected chi connectivity index (χ2v) is 7.43. The van der Waals surface area contributed by atoms with Gasteiger partial charge in [-0.1, -0.05) is 42.9 Å². The van der Waals surface area contributed by atoms with E-state index in [2.05, 4.69) is 22.4 Å². The van der Waals surface area contributed by atoms with Crippen LogP contribution in [0.2, 0.25) is 0 Å². The number of nitrogens with two attached hydrogens (primary N) is 1. The summed E-state index contributed by atoms with van der Waals surface area (Å²) in [5, 5.41) is 10.8. The van der Waals surface area contributed by atoms with Crippen LogP contribution in [0.1, 0.15) is 43.0 Å². The van der Waals surface area contributed by atoms with Crippen LogP contribution < -0.4 is 11.1 Å². The number of anilines is 2. The molecule has 0 saturated carbocycles. The standard InChI is InChI=1S/C16H20N4O2S2/c1-2-3-4-5-14(22)18-12-8-6-11(7-9-12)13(21)10-23-16-20-19-15(17)24-16/h6-9H,2-5,10H2,1H3,(H2,17,19)(H,18,22). The number of aromatic nitrogens is 2. The molecule has 0 radical (unpaired) electrons. The number of thioether (sulfide) groups is 1. The Morgan fingerprint density at radius 3 is 2.58 bits per heavy atom. The molecule has 3 N–H and O–H groups in total. The molecule has 0 spiro atoms. The van der Waals surface area contributed by atoms with Crippen molar-refractivity contribution < 1.29 is 9.59 Å². The number of rotatable bonds is 9. The number of hydrogen-bond acceptors (Lipinski definition) is 7. The maximum absolute atomic E-state index is 12.1. The average molecular weight is 364 g/mol. The number of carbonyl (C=O) groups is 2. The Labute approximate surface area is 149 Å². The quantitative estimate of drug-likeness (QED) is 0.401. The lowest BCUT2D eigenvalue weighted by Gasteiger charge is -2.06. The zero-order valence-electron chi connectivity index (χ0n) is 13.4. The third-order valence-corrected chi connectivity index (χ3v) is 5.13. The Balaban J connectivity index is 1.82. The maximum Gasteiger partial charge on any atom is 0.224 e. The van der Waals surface area contributed by atoms with Crippen LogP contribution in [0.4, 0.5) is 10.8 Å². The normalized spacial score (nSPS) is 10.5. The molecule has 6 nitrogen and oxygen atoms in total. The van der Waals surface area contributed by atoms with Crippen molar-refractivity contribution in [1.29, 1.82) is 0 Å². The molecule has 1 aromatic carbocycles. The summed E-state index contributed by atoms with van der Waals surface area (Å²) < 4.78 is 0.678. The zero-order chi connectivity index (χ0) is 17.4. The largest absolute Gasteiger partial charge is 0.374 e. The van der Waals surface area contributed by atoms with Gasteiger partial charge < -0.3 is 11.1 Å². The van der Waals surface area contributed by atoms with Crippen LogP contribution in [0.25, 0.3) is 0 Å². The second-order valence-electron chi connectivity index (χ2n) is 5.20. The number of carbonyl (C=O) groups excluding carboxylic acids is 2. The Bertz CT molecular complexity index is 686. The summed E-state index contributed by atoms with van der Waals surface area (Å²) in [6.07, 6.45) is 3.56. The molecule has 0 bridgehead atoms. The summed E-state index contributed by atoms with van der Waals surface area (Å²) in [7, 11) is 0. The monoisotopic (exact) mass is 364 g/mol. The van der Waals surface area contributed by atoms with Gasteiger partial charge in [0.2, 0.25) is 11.0 Å². The highest BCUT2D eigenvalue weighted by Crippen LogP contribution is 2.24. The van der Waals surface area contributed by atoms with E-state index in [1.165, 1.54) is 23.1 Å². The van der Waals surface area contributed by atoms with Crippen molar-refractivity contribution in [3.8, 4) is 0 Å². The van der Waals surface area contributed by atoms with Crippen LogP contribution in [0, 0.1) is 0 Å². The summed E-state index contributed by atoms with van der Waals surface area (Å²) >= 11 is 2.58. The number of nitrogens with zero attached hydrogens (tertiary/aromatic N) is 2. The predicted octanol–water partition coefficient (Wildman–Crippen LogP) is 3.61. The topological polar surface area (TPSA) is 98.0 Å². The molecule has 0 aliphatic heterocycles. The number of benzene rings is 1. The molecular formula is C16H20N4O2S2. The van der Waals surface area contributed by atoms with E-state index >= 15 is 0 Å². The first-order valence-electron chi connectivity index (χ1n) is 7.73. The molecule has 128 valence electrons. The van der Waals surface area contributed by atoms with Gasteiger partial charge in [-0.15, -0.1) is 10.2 Å². The van der Waals surface area contributed by atoms with E-state index < -0.39 is 0 Å². The zero-order valence-corrected chi connectivity index (χ0v) is 15.1. The fourth-order valence-corrected chi connectivity index (χ4v) is 3.52. The van der Waals surface area contributed by atoms with Crippen molar-refractivity contribution in [2.75, 3.05) is 16.8 Å². The Morgan fingerprint density at radius 2 is 1.96 bits per heavy atom. The van der Waals surface area contributed by atoms with Gasteiger partial charge in [0, 0.05) is 17.7 Å². The van der Waals surface area contributed by atoms with Crippen molar-refractivity contribution in [3.05, 3.63) is 29.8 Å². The molecule has 1 amide bonds. The van der Waals surface area contributed by atoms with E-state index in [1.807, 2.05) is 0 Å². The van der Waals surface area contributed by atoms with Crippen molar-refractivity contribution in [2.45, 2.75) is 36.9 Å². The molecule has 1 aromatic heterocycles. The number of nitrogen functional groups attached to an aromatic ring is 1. The first-order chi connectivity index (χ1) is 11.6. The first kappa shape index (κ1) is 18.4. The van der Waals surface area contributed by atoms with Crippen LogP contribution in [0.3, 0.4) is 0 Å².